The summed E-state index contributed by atoms with van der Waals surface area (Å²) in [5, 5.41) is 3.17. The van der Waals surface area contributed by atoms with Gasteiger partial charge in [-0.05, 0) is 30.9 Å². The minimum Gasteiger partial charge on any atom is -0.464 e. The van der Waals surface area contributed by atoms with E-state index in [0.29, 0.717) is 19.6 Å². The fourth-order valence-corrected chi connectivity index (χ4v) is 2.54. The average molecular weight is 243 g/mol. The predicted molar refractivity (Wildman–Crippen MR) is 69.9 cm³/mol. The van der Waals surface area contributed by atoms with Gasteiger partial charge in [-0.3, -0.25) is 5.32 Å². The second kappa shape index (κ2) is 5.24. The van der Waals surface area contributed by atoms with E-state index in [2.05, 4.69) is 11.2 Å². The molecular weight excluding hydrogens is 226 g/mol. The van der Waals surface area contributed by atoms with Crippen molar-refractivity contribution in [1.29, 1.82) is 0 Å². The summed E-state index contributed by atoms with van der Waals surface area (Å²) in [5.41, 5.74) is 1.42. The first kappa shape index (κ1) is 12.7. The zero-order chi connectivity index (χ0) is 13.0. The van der Waals surface area contributed by atoms with Crippen molar-refractivity contribution in [1.82, 2.24) is 5.32 Å². The van der Waals surface area contributed by atoms with Gasteiger partial charge in [0.15, 0.2) is 0 Å². The van der Waals surface area contributed by atoms with E-state index in [1.165, 1.54) is 5.56 Å². The summed E-state index contributed by atoms with van der Waals surface area (Å²) in [6.07, 6.45) is 6.86. The highest BCUT2D eigenvalue weighted by molar-refractivity contribution is 5.84. The van der Waals surface area contributed by atoms with Crippen LogP contribution >= 0.6 is 0 Å². The number of rotatable bonds is 4. The molecule has 1 unspecified atom stereocenters. The van der Waals surface area contributed by atoms with Gasteiger partial charge in [0.1, 0.15) is 5.54 Å². The number of nitrogens with one attached hydrogen (secondary N) is 1. The fraction of sp³-hybridized carbons (Fsp3) is 0.400. The summed E-state index contributed by atoms with van der Waals surface area (Å²) in [7, 11) is 0. The molecule has 3 nitrogen and oxygen atoms in total. The lowest BCUT2D eigenvalue weighted by molar-refractivity contribution is -0.151. The molecule has 0 saturated heterocycles. The van der Waals surface area contributed by atoms with Crippen molar-refractivity contribution < 1.29 is 9.53 Å². The topological polar surface area (TPSA) is 38.3 Å². The van der Waals surface area contributed by atoms with E-state index in [0.717, 1.165) is 12.0 Å². The van der Waals surface area contributed by atoms with Crippen molar-refractivity contribution in [3.05, 3.63) is 35.4 Å². The SMILES string of the molecule is C#CCNC1(C(=O)OCC)CCc2ccccc21. The average Bonchev–Trinajstić information content (AvgIpc) is 2.77. The molecule has 0 heterocycles. The number of terminal acetylenes is 1. The number of hydrogen-bond donors (Lipinski definition) is 1. The Morgan fingerprint density at radius 3 is 3.06 bits per heavy atom. The summed E-state index contributed by atoms with van der Waals surface area (Å²) in [6.45, 7) is 2.54. The van der Waals surface area contributed by atoms with Crippen LogP contribution in [-0.4, -0.2) is 19.1 Å². The minimum atomic E-state index is -0.765. The summed E-state index contributed by atoms with van der Waals surface area (Å²) in [6, 6.07) is 7.95. The maximum absolute atomic E-state index is 12.3. The van der Waals surface area contributed by atoms with Gasteiger partial charge in [-0.2, -0.15) is 0 Å². The molecule has 0 spiro atoms. The highest BCUT2D eigenvalue weighted by Gasteiger charge is 2.45. The second-order valence-corrected chi connectivity index (χ2v) is 4.34. The number of carbonyl (C=O) groups excluding carboxylic acids is 1. The van der Waals surface area contributed by atoms with E-state index in [1.807, 2.05) is 31.2 Å². The highest BCUT2D eigenvalue weighted by Crippen LogP contribution is 2.37. The van der Waals surface area contributed by atoms with E-state index < -0.39 is 5.54 Å². The van der Waals surface area contributed by atoms with Crippen LogP contribution in [0.15, 0.2) is 24.3 Å². The van der Waals surface area contributed by atoms with Crippen LogP contribution in [0, 0.1) is 12.3 Å². The summed E-state index contributed by atoms with van der Waals surface area (Å²) in [5.74, 6) is 2.30. The van der Waals surface area contributed by atoms with E-state index in [1.54, 1.807) is 0 Å². The lowest BCUT2D eigenvalue weighted by Crippen LogP contribution is -2.48. The van der Waals surface area contributed by atoms with Gasteiger partial charge >= 0.3 is 5.97 Å². The van der Waals surface area contributed by atoms with E-state index >= 15 is 0 Å². The van der Waals surface area contributed by atoms with Gasteiger partial charge in [-0.1, -0.05) is 30.2 Å². The van der Waals surface area contributed by atoms with E-state index in [9.17, 15) is 4.79 Å². The number of fused-ring (bicyclic) bond motifs is 1. The van der Waals surface area contributed by atoms with Gasteiger partial charge in [0.2, 0.25) is 0 Å². The molecule has 1 atom stereocenters. The molecule has 0 bridgehead atoms. The third kappa shape index (κ3) is 2.00. The van der Waals surface area contributed by atoms with Crippen molar-refractivity contribution >= 4 is 5.97 Å². The first-order valence-electron chi connectivity index (χ1n) is 6.18. The van der Waals surface area contributed by atoms with Crippen molar-refractivity contribution in [2.24, 2.45) is 0 Å². The summed E-state index contributed by atoms with van der Waals surface area (Å²) in [4.78, 5) is 12.3. The normalized spacial score (nSPS) is 21.1. The number of hydrogen-bond acceptors (Lipinski definition) is 3. The smallest absolute Gasteiger partial charge is 0.331 e. The van der Waals surface area contributed by atoms with Crippen LogP contribution in [0.2, 0.25) is 0 Å². The Morgan fingerprint density at radius 2 is 2.33 bits per heavy atom. The molecule has 1 aromatic rings. The van der Waals surface area contributed by atoms with Crippen LogP contribution in [0.4, 0.5) is 0 Å². The number of benzene rings is 1. The van der Waals surface area contributed by atoms with Crippen molar-refractivity contribution in [2.75, 3.05) is 13.2 Å². The Kier molecular flexibility index (Phi) is 3.69. The predicted octanol–water partition coefficient (Wildman–Crippen LogP) is 1.61. The first-order chi connectivity index (χ1) is 8.74. The molecule has 0 aliphatic heterocycles. The van der Waals surface area contributed by atoms with Crippen LogP contribution in [0.3, 0.4) is 0 Å². The van der Waals surface area contributed by atoms with Crippen LogP contribution in [0.25, 0.3) is 0 Å². The molecule has 1 N–H and O–H groups in total. The lowest BCUT2D eigenvalue weighted by Gasteiger charge is -2.28. The van der Waals surface area contributed by atoms with Gasteiger partial charge in [-0.15, -0.1) is 6.42 Å². The largest absolute Gasteiger partial charge is 0.464 e. The second-order valence-electron chi connectivity index (χ2n) is 4.34. The molecular formula is C15H17NO2. The molecule has 0 saturated carbocycles. The quantitative estimate of drug-likeness (QED) is 0.645. The lowest BCUT2D eigenvalue weighted by atomic mass is 9.91. The molecule has 1 aromatic carbocycles. The molecule has 1 aliphatic carbocycles. The summed E-state index contributed by atoms with van der Waals surface area (Å²) >= 11 is 0. The van der Waals surface area contributed by atoms with Gasteiger partial charge in [0.25, 0.3) is 0 Å². The molecule has 94 valence electrons. The number of aryl methyl sites for hydroxylation is 1. The Hall–Kier alpha value is -1.79. The molecule has 0 amide bonds. The van der Waals surface area contributed by atoms with E-state index in [-0.39, 0.29) is 5.97 Å². The molecule has 1 aliphatic rings. The van der Waals surface area contributed by atoms with Gasteiger partial charge < -0.3 is 4.74 Å². The Balaban J connectivity index is 2.39. The van der Waals surface area contributed by atoms with Crippen LogP contribution in [0.1, 0.15) is 24.5 Å². The Labute approximate surface area is 108 Å². The number of esters is 1. The minimum absolute atomic E-state index is 0.231. The maximum Gasteiger partial charge on any atom is 0.331 e. The van der Waals surface area contributed by atoms with Crippen molar-refractivity contribution in [2.45, 2.75) is 25.3 Å². The van der Waals surface area contributed by atoms with E-state index in [4.69, 9.17) is 11.2 Å². The fourth-order valence-electron chi connectivity index (χ4n) is 2.54. The van der Waals surface area contributed by atoms with Gasteiger partial charge in [0.05, 0.1) is 13.2 Å². The molecule has 18 heavy (non-hydrogen) atoms. The van der Waals surface area contributed by atoms with Crippen LogP contribution in [-0.2, 0) is 21.5 Å². The van der Waals surface area contributed by atoms with Gasteiger partial charge in [-0.25, -0.2) is 4.79 Å². The molecule has 2 rings (SSSR count). The molecule has 0 radical (unpaired) electrons. The van der Waals surface area contributed by atoms with Gasteiger partial charge in [0, 0.05) is 0 Å². The Morgan fingerprint density at radius 1 is 1.56 bits per heavy atom. The van der Waals surface area contributed by atoms with Crippen LogP contribution < -0.4 is 5.32 Å². The summed E-state index contributed by atoms with van der Waals surface area (Å²) < 4.78 is 5.21. The molecule has 0 fully saturated rings. The zero-order valence-electron chi connectivity index (χ0n) is 10.5. The zero-order valence-corrected chi connectivity index (χ0v) is 10.5. The first-order valence-corrected chi connectivity index (χ1v) is 6.18. The van der Waals surface area contributed by atoms with Crippen molar-refractivity contribution in [3.63, 3.8) is 0 Å². The third-order valence-electron chi connectivity index (χ3n) is 3.36. The number of carbonyl (C=O) groups is 1. The third-order valence-corrected chi connectivity index (χ3v) is 3.36. The Bertz CT molecular complexity index is 490. The monoisotopic (exact) mass is 243 g/mol. The standard InChI is InChI=1S/C15H17NO2/c1-3-11-16-15(14(17)18-4-2)10-9-12-7-5-6-8-13(12)15/h1,5-8,16H,4,9-11H2,2H3. The number of ether oxygens (including phenoxy) is 1. The van der Waals surface area contributed by atoms with Crippen LogP contribution in [0.5, 0.6) is 0 Å². The molecule has 0 aromatic heterocycles. The van der Waals surface area contributed by atoms with Crippen molar-refractivity contribution in [3.8, 4) is 12.3 Å². The molecule has 3 heteroatoms. The maximum atomic E-state index is 12.3. The highest BCUT2D eigenvalue weighted by atomic mass is 16.5.